The monoisotopic (exact) mass is 329 g/mol. The summed E-state index contributed by atoms with van der Waals surface area (Å²) >= 11 is 0. The number of hydrogen-bond acceptors (Lipinski definition) is 4. The summed E-state index contributed by atoms with van der Waals surface area (Å²) in [5.74, 6) is 0. The van der Waals surface area contributed by atoms with Crippen molar-refractivity contribution in [3.05, 3.63) is 59.4 Å². The number of nitriles is 1. The fourth-order valence-corrected chi connectivity index (χ4v) is 4.04. The van der Waals surface area contributed by atoms with E-state index < -0.39 is 10.0 Å². The number of sulfonamides is 1. The normalized spacial score (nSPS) is 12.8. The van der Waals surface area contributed by atoms with Gasteiger partial charge in [-0.1, -0.05) is 36.8 Å². The first-order valence-corrected chi connectivity index (χ1v) is 8.77. The van der Waals surface area contributed by atoms with E-state index in [-0.39, 0.29) is 16.5 Å². The highest BCUT2D eigenvalue weighted by atomic mass is 32.2. The molecule has 0 fully saturated rings. The molecular weight excluding hydrogens is 310 g/mol. The average Bonchev–Trinajstić information content (AvgIpc) is 2.55. The molecule has 1 heterocycles. The van der Waals surface area contributed by atoms with Crippen molar-refractivity contribution in [3.63, 3.8) is 0 Å². The molecule has 0 N–H and O–H groups in total. The minimum absolute atomic E-state index is 0.0392. The molecule has 0 spiro atoms. The van der Waals surface area contributed by atoms with Gasteiger partial charge in [0.05, 0.1) is 5.56 Å². The van der Waals surface area contributed by atoms with Crippen LogP contribution in [0.5, 0.6) is 0 Å². The second-order valence-corrected chi connectivity index (χ2v) is 7.21. The van der Waals surface area contributed by atoms with Gasteiger partial charge >= 0.3 is 0 Å². The number of aromatic nitrogens is 1. The van der Waals surface area contributed by atoms with Gasteiger partial charge in [-0.15, -0.1) is 0 Å². The highest BCUT2D eigenvalue weighted by molar-refractivity contribution is 7.89. The van der Waals surface area contributed by atoms with Gasteiger partial charge in [0.2, 0.25) is 10.0 Å². The summed E-state index contributed by atoms with van der Waals surface area (Å²) in [6.07, 6.45) is 2.62. The summed E-state index contributed by atoms with van der Waals surface area (Å²) < 4.78 is 27.2. The zero-order chi connectivity index (χ0) is 17.0. The lowest BCUT2D eigenvalue weighted by molar-refractivity contribution is 0.357. The highest BCUT2D eigenvalue weighted by Crippen LogP contribution is 2.27. The Morgan fingerprint density at radius 2 is 1.91 bits per heavy atom. The van der Waals surface area contributed by atoms with Crippen molar-refractivity contribution >= 4 is 10.0 Å². The Bertz CT molecular complexity index is 824. The van der Waals surface area contributed by atoms with Crippen LogP contribution in [0, 0.1) is 18.3 Å². The van der Waals surface area contributed by atoms with Crippen LogP contribution in [0.2, 0.25) is 0 Å². The molecule has 1 aromatic carbocycles. The molecular formula is C17H19N3O2S. The van der Waals surface area contributed by atoms with E-state index in [1.165, 1.54) is 22.8 Å². The first-order chi connectivity index (χ1) is 10.9. The van der Waals surface area contributed by atoms with Crippen molar-refractivity contribution in [1.29, 1.82) is 5.26 Å². The smallest absolute Gasteiger partial charge is 0.245 e. The van der Waals surface area contributed by atoms with Crippen LogP contribution >= 0.6 is 0 Å². The maximum Gasteiger partial charge on any atom is 0.245 e. The molecule has 2 aromatic rings. The van der Waals surface area contributed by atoms with E-state index in [1.54, 1.807) is 6.92 Å². The number of nitrogens with zero attached hydrogens (tertiary/aromatic N) is 3. The Hall–Kier alpha value is -2.23. The van der Waals surface area contributed by atoms with Crippen molar-refractivity contribution in [2.24, 2.45) is 0 Å². The van der Waals surface area contributed by atoms with Crippen molar-refractivity contribution < 1.29 is 8.42 Å². The first kappa shape index (κ1) is 17.1. The molecule has 120 valence electrons. The van der Waals surface area contributed by atoms with Crippen LogP contribution in [0.3, 0.4) is 0 Å². The predicted octanol–water partition coefficient (Wildman–Crippen LogP) is 3.03. The maximum absolute atomic E-state index is 12.9. The van der Waals surface area contributed by atoms with Crippen molar-refractivity contribution in [2.45, 2.75) is 31.7 Å². The molecule has 0 radical (unpaired) electrons. The Morgan fingerprint density at radius 3 is 2.48 bits per heavy atom. The number of hydrogen-bond donors (Lipinski definition) is 0. The van der Waals surface area contributed by atoms with Crippen LogP contribution in [0.1, 0.15) is 36.6 Å². The third-order valence-electron chi connectivity index (χ3n) is 3.75. The van der Waals surface area contributed by atoms with Gasteiger partial charge in [-0.25, -0.2) is 8.42 Å². The minimum atomic E-state index is -3.72. The number of rotatable bonds is 5. The third kappa shape index (κ3) is 3.58. The second-order valence-electron chi connectivity index (χ2n) is 5.32. The van der Waals surface area contributed by atoms with E-state index in [0.29, 0.717) is 6.54 Å². The largest absolute Gasteiger partial charge is 0.262 e. The van der Waals surface area contributed by atoms with Crippen LogP contribution in [0.4, 0.5) is 0 Å². The van der Waals surface area contributed by atoms with Gasteiger partial charge in [-0.05, 0) is 25.5 Å². The lowest BCUT2D eigenvalue weighted by Gasteiger charge is -2.27. The zero-order valence-electron chi connectivity index (χ0n) is 13.4. The van der Waals surface area contributed by atoms with Crippen LogP contribution in [-0.2, 0) is 10.0 Å². The molecule has 0 saturated carbocycles. The molecule has 0 amide bonds. The van der Waals surface area contributed by atoms with Crippen LogP contribution in [0.15, 0.2) is 47.6 Å². The molecule has 0 unspecified atom stereocenters. The van der Waals surface area contributed by atoms with E-state index in [1.807, 2.05) is 44.2 Å². The predicted molar refractivity (Wildman–Crippen MR) is 88.1 cm³/mol. The van der Waals surface area contributed by atoms with E-state index in [4.69, 9.17) is 5.26 Å². The highest BCUT2D eigenvalue weighted by Gasteiger charge is 2.29. The molecule has 0 saturated heterocycles. The van der Waals surface area contributed by atoms with Crippen LogP contribution < -0.4 is 0 Å². The van der Waals surface area contributed by atoms with Crippen molar-refractivity contribution in [1.82, 2.24) is 9.29 Å². The fraction of sp³-hybridized carbons (Fsp3) is 0.294. The summed E-state index contributed by atoms with van der Waals surface area (Å²) in [6, 6.07) is 10.8. The van der Waals surface area contributed by atoms with Gasteiger partial charge < -0.3 is 0 Å². The summed E-state index contributed by atoms with van der Waals surface area (Å²) in [5.41, 5.74) is 2.27. The fourth-order valence-electron chi connectivity index (χ4n) is 2.42. The Morgan fingerprint density at radius 1 is 1.26 bits per heavy atom. The summed E-state index contributed by atoms with van der Waals surface area (Å²) in [7, 11) is -3.72. The molecule has 5 nitrogen and oxygen atoms in total. The van der Waals surface area contributed by atoms with Crippen LogP contribution in [-0.4, -0.2) is 24.3 Å². The Balaban J connectivity index is 2.42. The first-order valence-electron chi connectivity index (χ1n) is 7.33. The third-order valence-corrected chi connectivity index (χ3v) is 5.76. The van der Waals surface area contributed by atoms with Gasteiger partial charge in [0.1, 0.15) is 11.0 Å². The molecule has 2 rings (SSSR count). The molecule has 0 aliphatic carbocycles. The lowest BCUT2D eigenvalue weighted by Crippen LogP contribution is -2.33. The van der Waals surface area contributed by atoms with E-state index >= 15 is 0 Å². The Kier molecular flexibility index (Phi) is 5.14. The molecule has 1 atom stereocenters. The van der Waals surface area contributed by atoms with Gasteiger partial charge in [0.15, 0.2) is 0 Å². The zero-order valence-corrected chi connectivity index (χ0v) is 14.2. The topological polar surface area (TPSA) is 74.1 Å². The summed E-state index contributed by atoms with van der Waals surface area (Å²) in [6.45, 7) is 5.97. The molecule has 1 aromatic heterocycles. The SMILES string of the molecule is CCN([C@H](C)c1ccc(C)cc1)S(=O)(=O)c1cncc(C#N)c1. The van der Waals surface area contributed by atoms with Gasteiger partial charge in [0, 0.05) is 25.0 Å². The second kappa shape index (κ2) is 6.90. The van der Waals surface area contributed by atoms with Gasteiger partial charge in [-0.3, -0.25) is 4.98 Å². The minimum Gasteiger partial charge on any atom is -0.262 e. The quantitative estimate of drug-likeness (QED) is 0.845. The molecule has 6 heteroatoms. The van der Waals surface area contributed by atoms with E-state index in [0.717, 1.165) is 11.1 Å². The Labute approximate surface area is 137 Å². The molecule has 0 bridgehead atoms. The van der Waals surface area contributed by atoms with Crippen molar-refractivity contribution in [3.8, 4) is 6.07 Å². The number of benzene rings is 1. The van der Waals surface area contributed by atoms with Crippen molar-refractivity contribution in [2.75, 3.05) is 6.54 Å². The van der Waals surface area contributed by atoms with Gasteiger partial charge in [-0.2, -0.15) is 9.57 Å². The molecule has 0 aliphatic heterocycles. The van der Waals surface area contributed by atoms with Crippen LogP contribution in [0.25, 0.3) is 0 Å². The van der Waals surface area contributed by atoms with E-state index in [9.17, 15) is 8.42 Å². The standard InChI is InChI=1S/C17H19N3O2S/c1-4-20(14(3)16-7-5-13(2)6-8-16)23(21,22)17-9-15(10-18)11-19-12-17/h5-9,11-12,14H,4H2,1-3H3/t14-/m1/s1. The number of aryl methyl sites for hydroxylation is 1. The average molecular weight is 329 g/mol. The van der Waals surface area contributed by atoms with E-state index in [2.05, 4.69) is 4.98 Å². The number of pyridine rings is 1. The maximum atomic E-state index is 12.9. The lowest BCUT2D eigenvalue weighted by atomic mass is 10.1. The summed E-state index contributed by atoms with van der Waals surface area (Å²) in [5, 5.41) is 8.94. The summed E-state index contributed by atoms with van der Waals surface area (Å²) in [4.78, 5) is 3.89. The molecule has 23 heavy (non-hydrogen) atoms. The molecule has 0 aliphatic rings. The van der Waals surface area contributed by atoms with Gasteiger partial charge in [0.25, 0.3) is 0 Å².